The lowest BCUT2D eigenvalue weighted by Crippen LogP contribution is -2.25. The van der Waals surface area contributed by atoms with E-state index in [-0.39, 0.29) is 25.2 Å². The zero-order chi connectivity index (χ0) is 30.7. The van der Waals surface area contributed by atoms with E-state index in [0.717, 1.165) is 50.9 Å². The Morgan fingerprint density at radius 1 is 0.714 bits per heavy atom. The summed E-state index contributed by atoms with van der Waals surface area (Å²) in [6.45, 7) is 6.48. The number of aliphatic hydroxyl groups excluding tert-OH is 1. The number of ether oxygens (including phenoxy) is 3. The minimum atomic E-state index is -0.986. The molecule has 0 aromatic rings. The first-order valence-electron chi connectivity index (χ1n) is 17.0. The van der Waals surface area contributed by atoms with E-state index < -0.39 is 6.10 Å². The number of carbonyl (C=O) groups excluding carboxylic acids is 2. The molecule has 2 unspecified atom stereocenters. The average molecular weight is 591 g/mol. The third-order valence-electron chi connectivity index (χ3n) is 7.48. The van der Waals surface area contributed by atoms with Gasteiger partial charge in [-0.25, -0.2) is 0 Å². The number of hydrogen-bond donors (Lipinski definition) is 1. The third-order valence-corrected chi connectivity index (χ3v) is 7.48. The van der Waals surface area contributed by atoms with Crippen molar-refractivity contribution in [1.82, 2.24) is 0 Å². The zero-order valence-corrected chi connectivity index (χ0v) is 27.1. The molecule has 1 N–H and O–H groups in total. The molecule has 0 aromatic carbocycles. The van der Waals surface area contributed by atoms with Gasteiger partial charge in [0.2, 0.25) is 0 Å². The monoisotopic (exact) mass is 590 g/mol. The van der Waals surface area contributed by atoms with Gasteiger partial charge in [-0.1, -0.05) is 121 Å². The summed E-state index contributed by atoms with van der Waals surface area (Å²) in [7, 11) is 0. The predicted molar refractivity (Wildman–Crippen MR) is 172 cm³/mol. The van der Waals surface area contributed by atoms with Crippen molar-refractivity contribution in [2.45, 2.75) is 161 Å². The van der Waals surface area contributed by atoms with E-state index in [2.05, 4.69) is 57.2 Å². The molecule has 6 nitrogen and oxygen atoms in total. The molecule has 3 atom stereocenters. The van der Waals surface area contributed by atoms with E-state index in [1.807, 2.05) is 0 Å². The molecule has 0 spiro atoms. The van der Waals surface area contributed by atoms with Gasteiger partial charge in [0.25, 0.3) is 0 Å². The molecule has 0 bridgehead atoms. The van der Waals surface area contributed by atoms with Gasteiger partial charge in [-0.05, 0) is 50.9 Å². The van der Waals surface area contributed by atoms with Crippen LogP contribution in [-0.2, 0) is 23.8 Å². The van der Waals surface area contributed by atoms with Crippen LogP contribution in [0.25, 0.3) is 0 Å². The van der Waals surface area contributed by atoms with Crippen molar-refractivity contribution in [2.75, 3.05) is 13.2 Å². The van der Waals surface area contributed by atoms with E-state index >= 15 is 0 Å². The molecule has 42 heavy (non-hydrogen) atoms. The average Bonchev–Trinajstić information content (AvgIpc) is 3.72. The second-order valence-electron chi connectivity index (χ2n) is 12.1. The second-order valence-corrected chi connectivity index (χ2v) is 12.1. The van der Waals surface area contributed by atoms with Crippen LogP contribution < -0.4 is 0 Å². The smallest absolute Gasteiger partial charge is 0.305 e. The maximum Gasteiger partial charge on any atom is 0.305 e. The third kappa shape index (κ3) is 24.7. The number of epoxide rings is 1. The van der Waals surface area contributed by atoms with Crippen LogP contribution >= 0.6 is 0 Å². The highest BCUT2D eigenvalue weighted by Crippen LogP contribution is 2.30. The Morgan fingerprint density at radius 3 is 1.93 bits per heavy atom. The van der Waals surface area contributed by atoms with Gasteiger partial charge in [-0.2, -0.15) is 0 Å². The predicted octanol–water partition coefficient (Wildman–Crippen LogP) is 8.96. The van der Waals surface area contributed by atoms with Crippen molar-refractivity contribution in [2.24, 2.45) is 5.92 Å². The van der Waals surface area contributed by atoms with Gasteiger partial charge in [-0.3, -0.25) is 9.59 Å². The Balaban J connectivity index is 1.89. The molecule has 1 fully saturated rings. The highest BCUT2D eigenvalue weighted by Gasteiger charge is 2.36. The molecular weight excluding hydrogens is 528 g/mol. The first-order valence-corrected chi connectivity index (χ1v) is 17.0. The van der Waals surface area contributed by atoms with Crippen LogP contribution in [0.3, 0.4) is 0 Å². The first-order chi connectivity index (χ1) is 20.4. The molecule has 1 aliphatic rings. The Bertz CT molecular complexity index is 756. The van der Waals surface area contributed by atoms with E-state index in [1.165, 1.54) is 57.8 Å². The molecule has 0 aliphatic carbocycles. The SMILES string of the molecule is CCCCCC1OC1C/C=C\C/C=C\C/C=C\CCCC(=O)OC[C@@H](O)COC(=O)CCCCCCCCCC(C)C. The van der Waals surface area contributed by atoms with Crippen molar-refractivity contribution >= 4 is 11.9 Å². The Morgan fingerprint density at radius 2 is 1.29 bits per heavy atom. The summed E-state index contributed by atoms with van der Waals surface area (Å²) in [6.07, 6.45) is 32.4. The van der Waals surface area contributed by atoms with E-state index in [0.29, 0.717) is 31.5 Å². The number of carbonyl (C=O) groups is 2. The molecule has 0 radical (unpaired) electrons. The number of aliphatic hydroxyl groups is 1. The lowest BCUT2D eigenvalue weighted by molar-refractivity contribution is -0.152. The van der Waals surface area contributed by atoms with Gasteiger partial charge in [0, 0.05) is 12.8 Å². The van der Waals surface area contributed by atoms with Gasteiger partial charge < -0.3 is 19.3 Å². The van der Waals surface area contributed by atoms with Crippen molar-refractivity contribution in [1.29, 1.82) is 0 Å². The van der Waals surface area contributed by atoms with Crippen molar-refractivity contribution in [3.05, 3.63) is 36.5 Å². The summed E-state index contributed by atoms with van der Waals surface area (Å²) >= 11 is 0. The Labute approximate surface area is 257 Å². The van der Waals surface area contributed by atoms with E-state index in [4.69, 9.17) is 14.2 Å². The second kappa shape index (κ2) is 26.7. The topological polar surface area (TPSA) is 85.4 Å². The van der Waals surface area contributed by atoms with Crippen LogP contribution in [0.1, 0.15) is 143 Å². The lowest BCUT2D eigenvalue weighted by atomic mass is 10.0. The Hall–Kier alpha value is -1.92. The number of allylic oxidation sites excluding steroid dienone is 5. The van der Waals surface area contributed by atoms with Crippen LogP contribution in [0.4, 0.5) is 0 Å². The van der Waals surface area contributed by atoms with Gasteiger partial charge in [0.05, 0.1) is 12.2 Å². The molecule has 1 heterocycles. The Kier molecular flexibility index (Phi) is 24.2. The van der Waals surface area contributed by atoms with Crippen LogP contribution in [0.15, 0.2) is 36.5 Å². The molecule has 1 rings (SSSR count). The molecule has 0 saturated carbocycles. The standard InChI is InChI=1S/C36H62O6/c1-4-5-19-25-33-34(42-33)26-21-16-12-8-6-7-9-13-17-22-27-35(38)40-29-32(37)30-41-36(39)28-23-18-14-10-11-15-20-24-31(2)3/h6,8-9,13,16,21,31-34,37H,4-5,7,10-12,14-15,17-20,22-30H2,1-3H3/b8-6-,13-9-,21-16-/t32-,33?,34?/m1/s1. The largest absolute Gasteiger partial charge is 0.463 e. The van der Waals surface area contributed by atoms with Crippen molar-refractivity contribution in [3.8, 4) is 0 Å². The van der Waals surface area contributed by atoms with Gasteiger partial charge in [0.15, 0.2) is 0 Å². The van der Waals surface area contributed by atoms with Crippen LogP contribution in [0, 0.1) is 5.92 Å². The molecule has 1 aliphatic heterocycles. The molecule has 242 valence electrons. The quantitative estimate of drug-likeness (QED) is 0.0424. The maximum atomic E-state index is 11.9. The van der Waals surface area contributed by atoms with Gasteiger partial charge >= 0.3 is 11.9 Å². The highest BCUT2D eigenvalue weighted by atomic mass is 16.6. The maximum absolute atomic E-state index is 11.9. The summed E-state index contributed by atoms with van der Waals surface area (Å²) in [5, 5.41) is 9.95. The van der Waals surface area contributed by atoms with E-state index in [1.54, 1.807) is 0 Å². The van der Waals surface area contributed by atoms with Crippen LogP contribution in [0.2, 0.25) is 0 Å². The summed E-state index contributed by atoms with van der Waals surface area (Å²) in [6, 6.07) is 0. The molecule has 6 heteroatoms. The van der Waals surface area contributed by atoms with Crippen molar-refractivity contribution in [3.63, 3.8) is 0 Å². The molecule has 0 amide bonds. The summed E-state index contributed by atoms with van der Waals surface area (Å²) < 4.78 is 15.9. The highest BCUT2D eigenvalue weighted by molar-refractivity contribution is 5.69. The fraction of sp³-hybridized carbons (Fsp3) is 0.778. The van der Waals surface area contributed by atoms with Crippen LogP contribution in [0.5, 0.6) is 0 Å². The van der Waals surface area contributed by atoms with Gasteiger partial charge in [-0.15, -0.1) is 0 Å². The zero-order valence-electron chi connectivity index (χ0n) is 27.1. The van der Waals surface area contributed by atoms with Crippen LogP contribution in [-0.4, -0.2) is 48.6 Å². The molecule has 0 aromatic heterocycles. The minimum absolute atomic E-state index is 0.136. The normalized spacial score (nSPS) is 17.5. The molecular formula is C36H62O6. The fourth-order valence-electron chi connectivity index (χ4n) is 4.77. The van der Waals surface area contributed by atoms with Gasteiger partial charge in [0.1, 0.15) is 19.3 Å². The molecule has 1 saturated heterocycles. The number of unbranched alkanes of at least 4 members (excludes halogenated alkanes) is 9. The lowest BCUT2D eigenvalue weighted by Gasteiger charge is -2.12. The first kappa shape index (κ1) is 38.1. The number of hydrogen-bond acceptors (Lipinski definition) is 6. The van der Waals surface area contributed by atoms with E-state index in [9.17, 15) is 14.7 Å². The number of esters is 2. The van der Waals surface area contributed by atoms with Crippen molar-refractivity contribution < 1.29 is 28.9 Å². The minimum Gasteiger partial charge on any atom is -0.463 e. The summed E-state index contributed by atoms with van der Waals surface area (Å²) in [4.78, 5) is 23.8. The summed E-state index contributed by atoms with van der Waals surface area (Å²) in [5.41, 5.74) is 0. The number of rotatable bonds is 28. The summed E-state index contributed by atoms with van der Waals surface area (Å²) in [5.74, 6) is 0.149. The fourth-order valence-corrected chi connectivity index (χ4v) is 4.77.